The van der Waals surface area contributed by atoms with Crippen LogP contribution in [0, 0.1) is 5.82 Å². The maximum Gasteiger partial charge on any atom is 0.332 e. The number of ether oxygens (including phenoxy) is 1. The summed E-state index contributed by atoms with van der Waals surface area (Å²) in [6.07, 6.45) is 0.721. The number of benzene rings is 2. The fourth-order valence-corrected chi connectivity index (χ4v) is 4.11. The van der Waals surface area contributed by atoms with E-state index >= 15 is 0 Å². The minimum atomic E-state index is -0.544. The van der Waals surface area contributed by atoms with Crippen molar-refractivity contribution >= 4 is 16.9 Å². The molecule has 9 heteroatoms. The Morgan fingerprint density at radius 3 is 2.50 bits per heavy atom. The Bertz CT molecular complexity index is 1480. The summed E-state index contributed by atoms with van der Waals surface area (Å²) in [5.41, 5.74) is 7.69. The Kier molecular flexibility index (Phi) is 6.47. The van der Waals surface area contributed by atoms with Crippen molar-refractivity contribution in [3.05, 3.63) is 86.3 Å². The van der Waals surface area contributed by atoms with E-state index in [9.17, 15) is 14.0 Å². The molecule has 4 rings (SSSR count). The van der Waals surface area contributed by atoms with Crippen LogP contribution < -0.4 is 27.0 Å². The van der Waals surface area contributed by atoms with Crippen LogP contribution in [-0.2, 0) is 27.1 Å². The monoisotopic (exact) mass is 463 g/mol. The number of hydrogen-bond acceptors (Lipinski definition) is 6. The zero-order valence-corrected chi connectivity index (χ0v) is 19.3. The van der Waals surface area contributed by atoms with Crippen molar-refractivity contribution in [1.29, 1.82) is 0 Å². The SMILES string of the molecule is COc1ccc(F)cc1-c1c(CN)c(NCCc2ccccc2)nc2c1c(=O)n(C)c(=O)n2C. The van der Waals surface area contributed by atoms with Crippen LogP contribution in [0.1, 0.15) is 11.1 Å². The molecule has 4 aromatic rings. The van der Waals surface area contributed by atoms with Gasteiger partial charge in [-0.2, -0.15) is 0 Å². The fraction of sp³-hybridized carbons (Fsp3) is 0.240. The first kappa shape index (κ1) is 23.2. The smallest absolute Gasteiger partial charge is 0.332 e. The molecule has 0 aliphatic rings. The third kappa shape index (κ3) is 4.06. The van der Waals surface area contributed by atoms with Crippen molar-refractivity contribution < 1.29 is 9.13 Å². The Morgan fingerprint density at radius 2 is 1.82 bits per heavy atom. The van der Waals surface area contributed by atoms with Crippen molar-refractivity contribution in [2.75, 3.05) is 19.0 Å². The molecule has 0 bridgehead atoms. The molecule has 2 aromatic heterocycles. The maximum atomic E-state index is 14.4. The summed E-state index contributed by atoms with van der Waals surface area (Å²) in [5, 5.41) is 3.47. The van der Waals surface area contributed by atoms with Gasteiger partial charge in [-0.1, -0.05) is 30.3 Å². The van der Waals surface area contributed by atoms with E-state index in [0.29, 0.717) is 34.8 Å². The first-order valence-electron chi connectivity index (χ1n) is 10.8. The molecule has 0 aliphatic heterocycles. The summed E-state index contributed by atoms with van der Waals surface area (Å²) in [6.45, 7) is 0.561. The second-order valence-corrected chi connectivity index (χ2v) is 7.93. The molecule has 2 aromatic carbocycles. The van der Waals surface area contributed by atoms with Gasteiger partial charge in [0.25, 0.3) is 5.56 Å². The number of hydrogen-bond donors (Lipinski definition) is 2. The zero-order chi connectivity index (χ0) is 24.4. The lowest BCUT2D eigenvalue weighted by Gasteiger charge is -2.20. The molecule has 0 unspecified atom stereocenters. The van der Waals surface area contributed by atoms with Crippen LogP contribution in [0.3, 0.4) is 0 Å². The minimum absolute atomic E-state index is 0.0254. The number of aryl methyl sites for hydroxylation is 1. The molecule has 0 saturated heterocycles. The van der Waals surface area contributed by atoms with E-state index < -0.39 is 17.1 Å². The topological polar surface area (TPSA) is 104 Å². The van der Waals surface area contributed by atoms with Crippen LogP contribution in [0.4, 0.5) is 10.2 Å². The number of rotatable bonds is 7. The first-order chi connectivity index (χ1) is 16.4. The second kappa shape index (κ2) is 9.48. The van der Waals surface area contributed by atoms with Gasteiger partial charge in [0.15, 0.2) is 5.65 Å². The van der Waals surface area contributed by atoms with E-state index in [1.165, 1.54) is 36.9 Å². The summed E-state index contributed by atoms with van der Waals surface area (Å²) in [7, 11) is 4.40. The van der Waals surface area contributed by atoms with Gasteiger partial charge < -0.3 is 15.8 Å². The molecule has 3 N–H and O–H groups in total. The van der Waals surface area contributed by atoms with Gasteiger partial charge in [-0.3, -0.25) is 13.9 Å². The number of aromatic nitrogens is 3. The number of pyridine rings is 1. The van der Waals surface area contributed by atoms with Gasteiger partial charge in [0, 0.05) is 43.9 Å². The Morgan fingerprint density at radius 1 is 1.09 bits per heavy atom. The minimum Gasteiger partial charge on any atom is -0.496 e. The molecule has 34 heavy (non-hydrogen) atoms. The molecular formula is C25H26FN5O3. The van der Waals surface area contributed by atoms with Gasteiger partial charge in [-0.25, -0.2) is 14.2 Å². The molecule has 0 atom stereocenters. The lowest BCUT2D eigenvalue weighted by atomic mass is 9.96. The van der Waals surface area contributed by atoms with Gasteiger partial charge in [-0.15, -0.1) is 0 Å². The lowest BCUT2D eigenvalue weighted by molar-refractivity contribution is 0.415. The highest BCUT2D eigenvalue weighted by Gasteiger charge is 2.24. The van der Waals surface area contributed by atoms with Gasteiger partial charge >= 0.3 is 5.69 Å². The summed E-state index contributed by atoms with van der Waals surface area (Å²) in [5.74, 6) is 0.300. The van der Waals surface area contributed by atoms with Gasteiger partial charge in [0.1, 0.15) is 17.4 Å². The number of methoxy groups -OCH3 is 1. The highest BCUT2D eigenvalue weighted by Crippen LogP contribution is 2.38. The van der Waals surface area contributed by atoms with E-state index in [2.05, 4.69) is 10.3 Å². The highest BCUT2D eigenvalue weighted by molar-refractivity contribution is 5.98. The van der Waals surface area contributed by atoms with Crippen LogP contribution in [0.2, 0.25) is 0 Å². The Labute approximate surface area is 195 Å². The quantitative estimate of drug-likeness (QED) is 0.437. The Hall–Kier alpha value is -3.98. The summed E-state index contributed by atoms with van der Waals surface area (Å²) in [6, 6.07) is 14.0. The molecule has 0 spiro atoms. The second-order valence-electron chi connectivity index (χ2n) is 7.93. The number of nitrogens with one attached hydrogen (secondary N) is 1. The number of anilines is 1. The third-order valence-corrected chi connectivity index (χ3v) is 5.87. The predicted octanol–water partition coefficient (Wildman–Crippen LogP) is 2.56. The number of nitrogens with zero attached hydrogens (tertiary/aromatic N) is 3. The molecule has 0 fully saturated rings. The lowest BCUT2D eigenvalue weighted by Crippen LogP contribution is -2.38. The van der Waals surface area contributed by atoms with Gasteiger partial charge in [0.2, 0.25) is 0 Å². The summed E-state index contributed by atoms with van der Waals surface area (Å²) in [4.78, 5) is 30.5. The molecule has 176 valence electrons. The Balaban J connectivity index is 2.00. The van der Waals surface area contributed by atoms with Gasteiger partial charge in [-0.05, 0) is 30.2 Å². The molecule has 8 nitrogen and oxygen atoms in total. The van der Waals surface area contributed by atoms with E-state index in [1.54, 1.807) is 7.05 Å². The highest BCUT2D eigenvalue weighted by atomic mass is 19.1. The van der Waals surface area contributed by atoms with Crippen LogP contribution in [-0.4, -0.2) is 27.8 Å². The summed E-state index contributed by atoms with van der Waals surface area (Å²) < 4.78 is 22.1. The molecule has 0 amide bonds. The molecule has 2 heterocycles. The normalized spacial score (nSPS) is 11.1. The molecular weight excluding hydrogens is 437 g/mol. The molecule has 0 saturated carbocycles. The fourth-order valence-electron chi connectivity index (χ4n) is 4.11. The average molecular weight is 464 g/mol. The molecule has 0 aliphatic carbocycles. The van der Waals surface area contributed by atoms with Crippen molar-refractivity contribution in [3.8, 4) is 16.9 Å². The standard InChI is InChI=1S/C25H26FN5O3/c1-30-23-21(24(32)31(2)25(30)33)20(17-13-16(26)9-10-19(17)34-3)18(14-27)22(29-23)28-12-11-15-7-5-4-6-8-15/h4-10,13H,11-12,14,27H2,1-3H3,(H,28,29). The molecule has 0 radical (unpaired) electrons. The van der Waals surface area contributed by atoms with Gasteiger partial charge in [0.05, 0.1) is 12.5 Å². The van der Waals surface area contributed by atoms with Crippen molar-refractivity contribution in [2.24, 2.45) is 19.8 Å². The number of halogens is 1. The van der Waals surface area contributed by atoms with E-state index in [1.807, 2.05) is 30.3 Å². The van der Waals surface area contributed by atoms with Crippen LogP contribution in [0.15, 0.2) is 58.1 Å². The first-order valence-corrected chi connectivity index (χ1v) is 10.8. The van der Waals surface area contributed by atoms with Crippen molar-refractivity contribution in [1.82, 2.24) is 14.1 Å². The average Bonchev–Trinajstić information content (AvgIpc) is 2.86. The van der Waals surface area contributed by atoms with Crippen molar-refractivity contribution in [3.63, 3.8) is 0 Å². The van der Waals surface area contributed by atoms with Crippen LogP contribution in [0.25, 0.3) is 22.2 Å². The zero-order valence-electron chi connectivity index (χ0n) is 19.3. The number of fused-ring (bicyclic) bond motifs is 1. The maximum absolute atomic E-state index is 14.4. The summed E-state index contributed by atoms with van der Waals surface area (Å²) >= 11 is 0. The third-order valence-electron chi connectivity index (χ3n) is 5.87. The largest absolute Gasteiger partial charge is 0.496 e. The van der Waals surface area contributed by atoms with E-state index in [4.69, 9.17) is 10.5 Å². The van der Waals surface area contributed by atoms with E-state index in [-0.39, 0.29) is 17.6 Å². The van der Waals surface area contributed by atoms with Crippen molar-refractivity contribution in [2.45, 2.75) is 13.0 Å². The predicted molar refractivity (Wildman–Crippen MR) is 131 cm³/mol. The number of nitrogens with two attached hydrogens (primary N) is 1. The van der Waals surface area contributed by atoms with E-state index in [0.717, 1.165) is 16.6 Å². The van der Waals surface area contributed by atoms with Crippen LogP contribution in [0.5, 0.6) is 5.75 Å². The van der Waals surface area contributed by atoms with Crippen LogP contribution >= 0.6 is 0 Å².